The maximum Gasteiger partial charge on any atom is 0.203 e. The first kappa shape index (κ1) is 5.44. The van der Waals surface area contributed by atoms with Gasteiger partial charge in [0, 0.05) is 0 Å². The zero-order chi connectivity index (χ0) is 5.98. The van der Waals surface area contributed by atoms with Crippen LogP contribution in [0.5, 0.6) is 0 Å². The van der Waals surface area contributed by atoms with Crippen molar-refractivity contribution in [2.24, 2.45) is 0 Å². The maximum absolute atomic E-state index is 5.06. The lowest BCUT2D eigenvalue weighted by atomic mass is 10.4. The van der Waals surface area contributed by atoms with Crippen molar-refractivity contribution in [2.45, 2.75) is 13.0 Å². The molecule has 0 aromatic carbocycles. The molecule has 0 amide bonds. The molecule has 1 heterocycles. The largest absolute Gasteiger partial charge is 0.473 e. The lowest BCUT2D eigenvalue weighted by molar-refractivity contribution is -0.0941. The zero-order valence-corrected chi connectivity index (χ0v) is 4.81. The highest BCUT2D eigenvalue weighted by atomic mass is 16.7. The van der Waals surface area contributed by atoms with E-state index >= 15 is 0 Å². The zero-order valence-electron chi connectivity index (χ0n) is 4.81. The van der Waals surface area contributed by atoms with Crippen molar-refractivity contribution in [3.63, 3.8) is 0 Å². The molecule has 3 nitrogen and oxygen atoms in total. The van der Waals surface area contributed by atoms with Crippen molar-refractivity contribution in [3.8, 4) is 0 Å². The smallest absolute Gasteiger partial charge is 0.203 e. The summed E-state index contributed by atoms with van der Waals surface area (Å²) in [5.41, 5.74) is 2.50. The molecule has 1 N–H and O–H groups in total. The van der Waals surface area contributed by atoms with Crippen LogP contribution in [0.3, 0.4) is 0 Å². The molecular weight excluding hydrogens is 106 g/mol. The molecule has 0 radical (unpaired) electrons. The van der Waals surface area contributed by atoms with Crippen LogP contribution in [0.4, 0.5) is 0 Å². The second kappa shape index (κ2) is 2.05. The predicted octanol–water partition coefficient (Wildman–Crippen LogP) is 0.397. The average Bonchev–Trinajstić information content (AvgIpc) is 1.64. The Kier molecular flexibility index (Phi) is 1.39. The number of ether oxygens (including phenoxy) is 1. The molecule has 0 spiro atoms. The van der Waals surface area contributed by atoms with Crippen molar-refractivity contribution in [1.29, 1.82) is 0 Å². The van der Waals surface area contributed by atoms with Gasteiger partial charge in [0.2, 0.25) is 5.88 Å². The molecule has 0 aromatic heterocycles. The molecule has 0 saturated carbocycles. The Morgan fingerprint density at radius 3 is 3.00 bits per heavy atom. The van der Waals surface area contributed by atoms with Gasteiger partial charge in [0.1, 0.15) is 12.7 Å². The second-order valence-corrected chi connectivity index (χ2v) is 1.76. The van der Waals surface area contributed by atoms with Crippen LogP contribution in [0.15, 0.2) is 12.5 Å². The quantitative estimate of drug-likeness (QED) is 0.495. The minimum absolute atomic E-state index is 0.128. The van der Waals surface area contributed by atoms with Crippen LogP contribution in [0, 0.1) is 0 Å². The molecule has 0 aromatic rings. The molecule has 3 heteroatoms. The van der Waals surface area contributed by atoms with Gasteiger partial charge in [-0.3, -0.25) is 4.84 Å². The summed E-state index contributed by atoms with van der Waals surface area (Å²) >= 11 is 0. The summed E-state index contributed by atoms with van der Waals surface area (Å²) in [5, 5.41) is 0. The minimum atomic E-state index is 0.128. The fourth-order valence-corrected chi connectivity index (χ4v) is 0.540. The van der Waals surface area contributed by atoms with E-state index in [2.05, 4.69) is 12.1 Å². The molecular formula is C5H9NO2. The summed E-state index contributed by atoms with van der Waals surface area (Å²) in [6.07, 6.45) is 0.128. The summed E-state index contributed by atoms with van der Waals surface area (Å²) < 4.78 is 5.06. The van der Waals surface area contributed by atoms with E-state index in [0.29, 0.717) is 12.5 Å². The standard InChI is InChI=1S/C5H9NO2/c1-4-3-7-6-5(2)8-4/h4,6H,2-3H2,1H3. The summed E-state index contributed by atoms with van der Waals surface area (Å²) in [5.74, 6) is 0.490. The van der Waals surface area contributed by atoms with E-state index in [0.717, 1.165) is 0 Å². The third kappa shape index (κ3) is 1.13. The molecule has 1 atom stereocenters. The SMILES string of the molecule is C=C1NOCC(C)O1. The van der Waals surface area contributed by atoms with Crippen LogP contribution in [0.25, 0.3) is 0 Å². The van der Waals surface area contributed by atoms with Gasteiger partial charge < -0.3 is 4.74 Å². The van der Waals surface area contributed by atoms with Gasteiger partial charge in [-0.1, -0.05) is 0 Å². The van der Waals surface area contributed by atoms with E-state index in [1.165, 1.54) is 0 Å². The van der Waals surface area contributed by atoms with Gasteiger partial charge in [0.15, 0.2) is 0 Å². The maximum atomic E-state index is 5.06. The summed E-state index contributed by atoms with van der Waals surface area (Å²) in [6, 6.07) is 0. The Morgan fingerprint density at radius 1 is 1.88 bits per heavy atom. The highest BCUT2D eigenvalue weighted by Crippen LogP contribution is 2.02. The van der Waals surface area contributed by atoms with Gasteiger partial charge in [0.25, 0.3) is 0 Å². The summed E-state index contributed by atoms with van der Waals surface area (Å²) in [6.45, 7) is 6.01. The molecule has 0 aliphatic carbocycles. The lowest BCUT2D eigenvalue weighted by Crippen LogP contribution is -2.31. The number of rotatable bonds is 0. The molecule has 1 rings (SSSR count). The van der Waals surface area contributed by atoms with E-state index in [-0.39, 0.29) is 6.10 Å². The number of hydrogen-bond acceptors (Lipinski definition) is 3. The van der Waals surface area contributed by atoms with Gasteiger partial charge >= 0.3 is 0 Å². The highest BCUT2D eigenvalue weighted by Gasteiger charge is 2.09. The van der Waals surface area contributed by atoms with Crippen LogP contribution >= 0.6 is 0 Å². The van der Waals surface area contributed by atoms with Gasteiger partial charge in [0.05, 0.1) is 0 Å². The van der Waals surface area contributed by atoms with Crippen molar-refractivity contribution in [1.82, 2.24) is 5.48 Å². The van der Waals surface area contributed by atoms with Gasteiger partial charge in [-0.2, -0.15) is 0 Å². The monoisotopic (exact) mass is 115 g/mol. The number of nitrogens with one attached hydrogen (secondary N) is 1. The van der Waals surface area contributed by atoms with Gasteiger partial charge in [-0.25, -0.2) is 5.48 Å². The van der Waals surface area contributed by atoms with Gasteiger partial charge in [-0.05, 0) is 13.5 Å². The van der Waals surface area contributed by atoms with Crippen molar-refractivity contribution in [3.05, 3.63) is 12.5 Å². The predicted molar refractivity (Wildman–Crippen MR) is 28.8 cm³/mol. The Balaban J connectivity index is 2.34. The number of hydroxylamine groups is 1. The van der Waals surface area contributed by atoms with E-state index in [1.54, 1.807) is 0 Å². The molecule has 1 fully saturated rings. The normalized spacial score (nSPS) is 28.6. The fourth-order valence-electron chi connectivity index (χ4n) is 0.540. The molecule has 8 heavy (non-hydrogen) atoms. The van der Waals surface area contributed by atoms with E-state index in [4.69, 9.17) is 9.57 Å². The van der Waals surface area contributed by atoms with Crippen molar-refractivity contribution < 1.29 is 9.57 Å². The third-order valence-corrected chi connectivity index (χ3v) is 0.847. The van der Waals surface area contributed by atoms with Crippen LogP contribution in [-0.4, -0.2) is 12.7 Å². The molecule has 1 aliphatic rings. The molecule has 46 valence electrons. The van der Waals surface area contributed by atoms with Crippen LogP contribution in [0.2, 0.25) is 0 Å². The van der Waals surface area contributed by atoms with Crippen LogP contribution in [-0.2, 0) is 9.57 Å². The summed E-state index contributed by atoms with van der Waals surface area (Å²) in [7, 11) is 0. The lowest BCUT2D eigenvalue weighted by Gasteiger charge is -2.22. The van der Waals surface area contributed by atoms with Gasteiger partial charge in [-0.15, -0.1) is 0 Å². The fraction of sp³-hybridized carbons (Fsp3) is 0.600. The molecule has 1 unspecified atom stereocenters. The van der Waals surface area contributed by atoms with E-state index in [1.807, 2.05) is 6.92 Å². The van der Waals surface area contributed by atoms with E-state index in [9.17, 15) is 0 Å². The third-order valence-electron chi connectivity index (χ3n) is 0.847. The van der Waals surface area contributed by atoms with Crippen LogP contribution < -0.4 is 5.48 Å². The summed E-state index contributed by atoms with van der Waals surface area (Å²) in [4.78, 5) is 4.82. The van der Waals surface area contributed by atoms with Crippen molar-refractivity contribution in [2.75, 3.05) is 6.61 Å². The average molecular weight is 115 g/mol. The Bertz CT molecular complexity index is 103. The Labute approximate surface area is 48.2 Å². The molecule has 0 bridgehead atoms. The van der Waals surface area contributed by atoms with E-state index < -0.39 is 0 Å². The second-order valence-electron chi connectivity index (χ2n) is 1.76. The first-order valence-electron chi connectivity index (χ1n) is 2.52. The highest BCUT2D eigenvalue weighted by molar-refractivity contribution is 4.78. The topological polar surface area (TPSA) is 30.5 Å². The molecule has 1 saturated heterocycles. The van der Waals surface area contributed by atoms with Crippen LogP contribution in [0.1, 0.15) is 6.92 Å². The first-order valence-corrected chi connectivity index (χ1v) is 2.52. The number of hydrogen-bond donors (Lipinski definition) is 1. The Hall–Kier alpha value is -0.700. The minimum Gasteiger partial charge on any atom is -0.473 e. The molecule has 1 aliphatic heterocycles. The Morgan fingerprint density at radius 2 is 2.62 bits per heavy atom. The van der Waals surface area contributed by atoms with Crippen molar-refractivity contribution >= 4 is 0 Å². The first-order chi connectivity index (χ1) is 3.79.